The zero-order chi connectivity index (χ0) is 15.0. The highest BCUT2D eigenvalue weighted by Gasteiger charge is 2.27. The van der Waals surface area contributed by atoms with Crippen LogP contribution in [0.1, 0.15) is 64.9 Å². The summed E-state index contributed by atoms with van der Waals surface area (Å²) in [6, 6.07) is 8.52. The van der Waals surface area contributed by atoms with Crippen LogP contribution in [-0.4, -0.2) is 12.4 Å². The largest absolute Gasteiger partial charge is 0.493 e. The molecule has 0 fully saturated rings. The summed E-state index contributed by atoms with van der Waals surface area (Å²) in [5, 5.41) is 0. The Labute approximate surface area is 130 Å². The van der Waals surface area contributed by atoms with Gasteiger partial charge in [0.25, 0.3) is 0 Å². The summed E-state index contributed by atoms with van der Waals surface area (Å²) >= 11 is 4.58. The summed E-state index contributed by atoms with van der Waals surface area (Å²) in [6.45, 7) is 9.68. The molecule has 0 spiro atoms. The van der Waals surface area contributed by atoms with E-state index in [9.17, 15) is 0 Å². The van der Waals surface area contributed by atoms with Crippen molar-refractivity contribution in [1.82, 2.24) is 0 Å². The molecule has 0 heterocycles. The van der Waals surface area contributed by atoms with E-state index < -0.39 is 0 Å². The molecule has 0 aliphatic rings. The number of ether oxygens (including phenoxy) is 1. The predicted octanol–water partition coefficient (Wildman–Crippen LogP) is 5.71. The molecule has 0 saturated carbocycles. The van der Waals surface area contributed by atoms with Crippen molar-refractivity contribution in [2.75, 3.05) is 12.4 Å². The number of hydrogen-bond acceptors (Lipinski definition) is 2. The first kappa shape index (κ1) is 17.4. The van der Waals surface area contributed by atoms with Crippen LogP contribution >= 0.6 is 12.6 Å². The second-order valence-electron chi connectivity index (χ2n) is 6.17. The lowest BCUT2D eigenvalue weighted by Crippen LogP contribution is -2.30. The molecular formula is C18H30OS. The van der Waals surface area contributed by atoms with Gasteiger partial charge in [-0.05, 0) is 42.2 Å². The average molecular weight is 295 g/mol. The molecule has 1 aromatic carbocycles. The molecule has 0 N–H and O–H groups in total. The summed E-state index contributed by atoms with van der Waals surface area (Å²) in [7, 11) is 0. The molecule has 20 heavy (non-hydrogen) atoms. The van der Waals surface area contributed by atoms with E-state index in [2.05, 4.69) is 64.6 Å². The van der Waals surface area contributed by atoms with Gasteiger partial charge in [0.2, 0.25) is 0 Å². The van der Waals surface area contributed by atoms with Crippen LogP contribution in [0.5, 0.6) is 5.75 Å². The van der Waals surface area contributed by atoms with Crippen molar-refractivity contribution in [3.63, 3.8) is 0 Å². The van der Waals surface area contributed by atoms with Crippen molar-refractivity contribution in [1.29, 1.82) is 0 Å². The molecule has 2 heteroatoms. The fourth-order valence-electron chi connectivity index (χ4n) is 2.72. The molecule has 0 aliphatic heterocycles. The fraction of sp³-hybridized carbons (Fsp3) is 0.667. The molecule has 0 bridgehead atoms. The Morgan fingerprint density at radius 3 is 2.00 bits per heavy atom. The van der Waals surface area contributed by atoms with Crippen LogP contribution in [0.15, 0.2) is 24.3 Å². The molecule has 114 valence electrons. The van der Waals surface area contributed by atoms with Crippen LogP contribution < -0.4 is 4.74 Å². The lowest BCUT2D eigenvalue weighted by atomic mass is 9.82. The normalized spacial score (nSPS) is 11.9. The summed E-state index contributed by atoms with van der Waals surface area (Å²) in [6.07, 6.45) is 4.76. The summed E-state index contributed by atoms with van der Waals surface area (Å²) in [5.74, 6) is 2.45. The van der Waals surface area contributed by atoms with Gasteiger partial charge in [-0.25, -0.2) is 0 Å². The fourth-order valence-corrected chi connectivity index (χ4v) is 3.13. The second-order valence-corrected chi connectivity index (χ2v) is 6.49. The van der Waals surface area contributed by atoms with E-state index in [1.165, 1.54) is 31.2 Å². The number of rotatable bonds is 9. The summed E-state index contributed by atoms with van der Waals surface area (Å²) in [4.78, 5) is 0. The first-order chi connectivity index (χ1) is 9.56. The van der Waals surface area contributed by atoms with Gasteiger partial charge in [0.15, 0.2) is 0 Å². The van der Waals surface area contributed by atoms with E-state index in [-0.39, 0.29) is 5.41 Å². The SMILES string of the molecule is CCCC(CS)(CCC)COc1ccc(C(C)C)cc1. The molecular weight excluding hydrogens is 264 g/mol. The molecule has 0 atom stereocenters. The second kappa shape index (κ2) is 8.61. The highest BCUT2D eigenvalue weighted by Crippen LogP contribution is 2.32. The molecule has 1 rings (SSSR count). The van der Waals surface area contributed by atoms with Gasteiger partial charge in [-0.2, -0.15) is 12.6 Å². The van der Waals surface area contributed by atoms with E-state index in [0.29, 0.717) is 5.92 Å². The van der Waals surface area contributed by atoms with Crippen LogP contribution in [0, 0.1) is 5.41 Å². The van der Waals surface area contributed by atoms with E-state index in [0.717, 1.165) is 18.1 Å². The Morgan fingerprint density at radius 1 is 1.05 bits per heavy atom. The molecule has 0 radical (unpaired) electrons. The zero-order valence-electron chi connectivity index (χ0n) is 13.5. The van der Waals surface area contributed by atoms with E-state index in [1.807, 2.05) is 0 Å². The van der Waals surface area contributed by atoms with Crippen LogP contribution in [-0.2, 0) is 0 Å². The van der Waals surface area contributed by atoms with Crippen LogP contribution in [0.4, 0.5) is 0 Å². The maximum absolute atomic E-state index is 6.05. The van der Waals surface area contributed by atoms with Crippen molar-refractivity contribution in [2.24, 2.45) is 5.41 Å². The lowest BCUT2D eigenvalue weighted by molar-refractivity contribution is 0.143. The Morgan fingerprint density at radius 2 is 1.60 bits per heavy atom. The minimum Gasteiger partial charge on any atom is -0.493 e. The standard InChI is InChI=1S/C18H30OS/c1-5-11-18(14-20,12-6-2)13-19-17-9-7-16(8-10-17)15(3)4/h7-10,15,20H,5-6,11-14H2,1-4H3. The number of thiol groups is 1. The smallest absolute Gasteiger partial charge is 0.119 e. The molecule has 0 unspecified atom stereocenters. The first-order valence-electron chi connectivity index (χ1n) is 7.90. The van der Waals surface area contributed by atoms with Gasteiger partial charge in [-0.15, -0.1) is 0 Å². The van der Waals surface area contributed by atoms with Gasteiger partial charge in [0, 0.05) is 5.41 Å². The monoisotopic (exact) mass is 294 g/mol. The van der Waals surface area contributed by atoms with Crippen LogP contribution in [0.2, 0.25) is 0 Å². The van der Waals surface area contributed by atoms with E-state index >= 15 is 0 Å². The maximum Gasteiger partial charge on any atom is 0.119 e. The van der Waals surface area contributed by atoms with Gasteiger partial charge in [-0.3, -0.25) is 0 Å². The minimum atomic E-state index is 0.226. The van der Waals surface area contributed by atoms with Gasteiger partial charge >= 0.3 is 0 Å². The van der Waals surface area contributed by atoms with Crippen molar-refractivity contribution in [3.05, 3.63) is 29.8 Å². The maximum atomic E-state index is 6.05. The summed E-state index contributed by atoms with van der Waals surface area (Å²) in [5.41, 5.74) is 1.59. The molecule has 0 aliphatic carbocycles. The quantitative estimate of drug-likeness (QED) is 0.574. The topological polar surface area (TPSA) is 9.23 Å². The molecule has 0 aromatic heterocycles. The first-order valence-corrected chi connectivity index (χ1v) is 8.53. The Hall–Kier alpha value is -0.630. The average Bonchev–Trinajstić information content (AvgIpc) is 2.45. The minimum absolute atomic E-state index is 0.226. The molecule has 1 nitrogen and oxygen atoms in total. The van der Waals surface area contributed by atoms with Crippen molar-refractivity contribution < 1.29 is 4.74 Å². The Balaban J connectivity index is 2.66. The lowest BCUT2D eigenvalue weighted by Gasteiger charge is -2.31. The Kier molecular flexibility index (Phi) is 7.50. The van der Waals surface area contributed by atoms with Crippen molar-refractivity contribution >= 4 is 12.6 Å². The van der Waals surface area contributed by atoms with Crippen molar-refractivity contribution in [2.45, 2.75) is 59.3 Å². The van der Waals surface area contributed by atoms with Gasteiger partial charge in [0.05, 0.1) is 6.61 Å². The van der Waals surface area contributed by atoms with E-state index in [4.69, 9.17) is 4.74 Å². The third-order valence-corrected chi connectivity index (χ3v) is 4.66. The third kappa shape index (κ3) is 5.05. The highest BCUT2D eigenvalue weighted by molar-refractivity contribution is 7.80. The van der Waals surface area contributed by atoms with Crippen molar-refractivity contribution in [3.8, 4) is 5.75 Å². The van der Waals surface area contributed by atoms with E-state index in [1.54, 1.807) is 0 Å². The Bertz CT molecular complexity index is 364. The van der Waals surface area contributed by atoms with Crippen LogP contribution in [0.3, 0.4) is 0 Å². The van der Waals surface area contributed by atoms with Gasteiger partial charge in [0.1, 0.15) is 5.75 Å². The number of hydrogen-bond donors (Lipinski definition) is 1. The zero-order valence-corrected chi connectivity index (χ0v) is 14.4. The third-order valence-electron chi connectivity index (χ3n) is 3.99. The van der Waals surface area contributed by atoms with Gasteiger partial charge in [-0.1, -0.05) is 52.7 Å². The molecule has 1 aromatic rings. The highest BCUT2D eigenvalue weighted by atomic mass is 32.1. The molecule has 0 saturated heterocycles. The number of benzene rings is 1. The molecule has 0 amide bonds. The summed E-state index contributed by atoms with van der Waals surface area (Å²) < 4.78 is 6.05. The van der Waals surface area contributed by atoms with Gasteiger partial charge < -0.3 is 4.74 Å². The predicted molar refractivity (Wildman–Crippen MR) is 92.1 cm³/mol. The van der Waals surface area contributed by atoms with Crippen LogP contribution in [0.25, 0.3) is 0 Å².